The summed E-state index contributed by atoms with van der Waals surface area (Å²) < 4.78 is 0. The fraction of sp³-hybridized carbons (Fsp3) is 0.471. The molecule has 7 nitrogen and oxygen atoms in total. The highest BCUT2D eigenvalue weighted by atomic mass is 16.7. The zero-order chi connectivity index (χ0) is 16.9. The van der Waals surface area contributed by atoms with Crippen molar-refractivity contribution >= 4 is 11.9 Å². The number of hydroxylamine groups is 2. The van der Waals surface area contributed by atoms with E-state index in [2.05, 4.69) is 11.4 Å². The first-order valence-electron chi connectivity index (χ1n) is 8.16. The lowest BCUT2D eigenvalue weighted by Crippen LogP contribution is -2.49. The maximum atomic E-state index is 12.5. The van der Waals surface area contributed by atoms with Crippen LogP contribution in [0, 0.1) is 11.3 Å². The first-order chi connectivity index (χ1) is 11.7. The maximum absolute atomic E-state index is 12.5. The van der Waals surface area contributed by atoms with E-state index in [0.717, 1.165) is 18.4 Å². The highest BCUT2D eigenvalue weighted by molar-refractivity contribution is 5.88. The highest BCUT2D eigenvalue weighted by Crippen LogP contribution is 2.16. The van der Waals surface area contributed by atoms with Crippen LogP contribution in [0.2, 0.25) is 0 Å². The Hall–Kier alpha value is -2.59. The molecule has 1 atom stereocenters. The fourth-order valence-electron chi connectivity index (χ4n) is 2.91. The van der Waals surface area contributed by atoms with Crippen molar-refractivity contribution in [3.63, 3.8) is 0 Å². The number of urea groups is 1. The molecule has 3 amide bonds. The van der Waals surface area contributed by atoms with Gasteiger partial charge in [-0.3, -0.25) is 9.63 Å². The van der Waals surface area contributed by atoms with Crippen LogP contribution in [-0.4, -0.2) is 47.6 Å². The topological polar surface area (TPSA) is 85.7 Å². The van der Waals surface area contributed by atoms with E-state index in [1.54, 1.807) is 17.0 Å². The van der Waals surface area contributed by atoms with Gasteiger partial charge in [0.2, 0.25) is 5.91 Å². The smallest absolute Gasteiger partial charge is 0.336 e. The molecule has 2 saturated heterocycles. The minimum absolute atomic E-state index is 0.0790. The number of amides is 3. The van der Waals surface area contributed by atoms with Crippen LogP contribution in [0.3, 0.4) is 0 Å². The highest BCUT2D eigenvalue weighted by Gasteiger charge is 2.34. The largest absolute Gasteiger partial charge is 0.341 e. The first kappa shape index (κ1) is 16.3. The second-order valence-corrected chi connectivity index (χ2v) is 6.00. The lowest BCUT2D eigenvalue weighted by atomic mass is 10.1. The van der Waals surface area contributed by atoms with Crippen LogP contribution in [0.15, 0.2) is 24.3 Å². The number of hydrogen-bond acceptors (Lipinski definition) is 4. The average molecular weight is 328 g/mol. The number of nitrogens with one attached hydrogen (secondary N) is 1. The molecule has 126 valence electrons. The zero-order valence-electron chi connectivity index (χ0n) is 13.4. The number of rotatable bonds is 3. The number of carbonyl (C=O) groups excluding carboxylic acids is 2. The van der Waals surface area contributed by atoms with E-state index >= 15 is 0 Å². The Balaban J connectivity index is 1.54. The SMILES string of the molecule is N#Cc1ccc(CN2CC[C@H](NC(=O)N3CCCCO3)C2=O)cc1. The summed E-state index contributed by atoms with van der Waals surface area (Å²) in [7, 11) is 0. The molecule has 3 rings (SSSR count). The van der Waals surface area contributed by atoms with E-state index in [-0.39, 0.29) is 11.9 Å². The van der Waals surface area contributed by atoms with Crippen molar-refractivity contribution in [1.82, 2.24) is 15.3 Å². The average Bonchev–Trinajstić information content (AvgIpc) is 2.96. The molecule has 2 heterocycles. The van der Waals surface area contributed by atoms with Crippen molar-refractivity contribution in [2.75, 3.05) is 19.7 Å². The Kier molecular flexibility index (Phi) is 4.96. The lowest BCUT2D eigenvalue weighted by molar-refractivity contribution is -0.141. The summed E-state index contributed by atoms with van der Waals surface area (Å²) in [6, 6.07) is 8.40. The minimum atomic E-state index is -0.499. The fourth-order valence-corrected chi connectivity index (χ4v) is 2.91. The first-order valence-corrected chi connectivity index (χ1v) is 8.16. The Morgan fingerprint density at radius 2 is 2.08 bits per heavy atom. The van der Waals surface area contributed by atoms with Gasteiger partial charge in [-0.1, -0.05) is 12.1 Å². The van der Waals surface area contributed by atoms with Crippen molar-refractivity contribution in [3.05, 3.63) is 35.4 Å². The van der Waals surface area contributed by atoms with Gasteiger partial charge in [-0.2, -0.15) is 5.26 Å². The molecule has 2 aliphatic heterocycles. The van der Waals surface area contributed by atoms with Crippen LogP contribution < -0.4 is 5.32 Å². The second kappa shape index (κ2) is 7.32. The Labute approximate surface area is 140 Å². The molecule has 0 bridgehead atoms. The van der Waals surface area contributed by atoms with Crippen LogP contribution in [0.5, 0.6) is 0 Å². The second-order valence-electron chi connectivity index (χ2n) is 6.00. The number of nitriles is 1. The standard InChI is InChI=1S/C17H20N4O3/c18-11-13-3-5-14(6-4-13)12-20-9-7-15(16(20)22)19-17(23)21-8-1-2-10-24-21/h3-6,15H,1-2,7-10,12H2,(H,19,23)/t15-/m0/s1. The van der Waals surface area contributed by atoms with Crippen molar-refractivity contribution in [3.8, 4) is 6.07 Å². The van der Waals surface area contributed by atoms with Gasteiger partial charge in [0.1, 0.15) is 6.04 Å². The molecule has 0 radical (unpaired) electrons. The predicted octanol–water partition coefficient (Wildman–Crippen LogP) is 1.40. The Morgan fingerprint density at radius 1 is 1.29 bits per heavy atom. The maximum Gasteiger partial charge on any atom is 0.341 e. The number of hydrogen-bond donors (Lipinski definition) is 1. The van der Waals surface area contributed by atoms with Crippen LogP contribution in [-0.2, 0) is 16.2 Å². The predicted molar refractivity (Wildman–Crippen MR) is 85.4 cm³/mol. The molecule has 24 heavy (non-hydrogen) atoms. The van der Waals surface area contributed by atoms with Crippen molar-refractivity contribution in [2.45, 2.75) is 31.8 Å². The third kappa shape index (κ3) is 3.66. The molecule has 1 N–H and O–H groups in total. The molecule has 1 aromatic carbocycles. The van der Waals surface area contributed by atoms with Gasteiger partial charge in [0, 0.05) is 13.1 Å². The number of benzene rings is 1. The third-order valence-electron chi connectivity index (χ3n) is 4.28. The van der Waals surface area contributed by atoms with E-state index in [0.29, 0.717) is 38.2 Å². The molecule has 0 unspecified atom stereocenters. The molecule has 0 aromatic heterocycles. The van der Waals surface area contributed by atoms with Crippen LogP contribution in [0.25, 0.3) is 0 Å². The Morgan fingerprint density at radius 3 is 2.75 bits per heavy atom. The van der Waals surface area contributed by atoms with Gasteiger partial charge in [0.05, 0.1) is 24.8 Å². The number of likely N-dealkylation sites (tertiary alicyclic amines) is 1. The summed E-state index contributed by atoms with van der Waals surface area (Å²) in [5.74, 6) is -0.0790. The molecule has 0 saturated carbocycles. The lowest BCUT2D eigenvalue weighted by Gasteiger charge is -2.27. The summed E-state index contributed by atoms with van der Waals surface area (Å²) in [5.41, 5.74) is 1.56. The molecule has 7 heteroatoms. The van der Waals surface area contributed by atoms with Crippen LogP contribution in [0.4, 0.5) is 4.79 Å². The van der Waals surface area contributed by atoms with Gasteiger partial charge in [-0.25, -0.2) is 9.86 Å². The van der Waals surface area contributed by atoms with Gasteiger partial charge in [-0.15, -0.1) is 0 Å². The van der Waals surface area contributed by atoms with Crippen molar-refractivity contribution in [2.24, 2.45) is 0 Å². The van der Waals surface area contributed by atoms with E-state index in [4.69, 9.17) is 10.1 Å². The van der Waals surface area contributed by atoms with Gasteiger partial charge >= 0.3 is 6.03 Å². The summed E-state index contributed by atoms with van der Waals surface area (Å²) in [6.07, 6.45) is 2.45. The quantitative estimate of drug-likeness (QED) is 0.909. The van der Waals surface area contributed by atoms with Crippen molar-refractivity contribution in [1.29, 1.82) is 5.26 Å². The molecule has 0 spiro atoms. The van der Waals surface area contributed by atoms with Crippen LogP contribution >= 0.6 is 0 Å². The van der Waals surface area contributed by atoms with Gasteiger partial charge in [0.25, 0.3) is 0 Å². The summed E-state index contributed by atoms with van der Waals surface area (Å²) >= 11 is 0. The van der Waals surface area contributed by atoms with E-state index < -0.39 is 6.04 Å². The van der Waals surface area contributed by atoms with E-state index in [1.807, 2.05) is 12.1 Å². The van der Waals surface area contributed by atoms with E-state index in [1.165, 1.54) is 5.06 Å². The molecular formula is C17H20N4O3. The zero-order valence-corrected chi connectivity index (χ0v) is 13.4. The third-order valence-corrected chi connectivity index (χ3v) is 4.28. The van der Waals surface area contributed by atoms with E-state index in [9.17, 15) is 9.59 Å². The summed E-state index contributed by atoms with van der Waals surface area (Å²) in [4.78, 5) is 31.6. The summed E-state index contributed by atoms with van der Waals surface area (Å²) in [5, 5.41) is 12.9. The summed E-state index contributed by atoms with van der Waals surface area (Å²) in [6.45, 7) is 2.18. The van der Waals surface area contributed by atoms with Gasteiger partial charge in [-0.05, 0) is 37.0 Å². The minimum Gasteiger partial charge on any atom is -0.336 e. The Bertz CT molecular complexity index is 647. The van der Waals surface area contributed by atoms with Gasteiger partial charge < -0.3 is 10.2 Å². The van der Waals surface area contributed by atoms with Crippen LogP contribution in [0.1, 0.15) is 30.4 Å². The normalized spacial score (nSPS) is 20.8. The monoisotopic (exact) mass is 328 g/mol. The molecule has 2 fully saturated rings. The van der Waals surface area contributed by atoms with Gasteiger partial charge in [0.15, 0.2) is 0 Å². The molecular weight excluding hydrogens is 308 g/mol. The molecule has 1 aromatic rings. The number of carbonyl (C=O) groups is 2. The number of nitrogens with zero attached hydrogens (tertiary/aromatic N) is 3. The van der Waals surface area contributed by atoms with Crippen molar-refractivity contribution < 1.29 is 14.4 Å². The molecule has 0 aliphatic carbocycles. The molecule has 2 aliphatic rings.